The van der Waals surface area contributed by atoms with E-state index in [1.807, 2.05) is 0 Å². The first-order valence-electron chi connectivity index (χ1n) is 5.68. The van der Waals surface area contributed by atoms with Gasteiger partial charge in [0.2, 0.25) is 0 Å². The second kappa shape index (κ2) is 6.00. The van der Waals surface area contributed by atoms with E-state index in [0.29, 0.717) is 5.56 Å². The molecule has 0 saturated carbocycles. The minimum Gasteiger partial charge on any atom is -0.479 e. The molecule has 0 spiro atoms. The molecule has 1 atom stereocenters. The molecule has 0 radical (unpaired) electrons. The highest BCUT2D eigenvalue weighted by atomic mass is 79.9. The van der Waals surface area contributed by atoms with Crippen molar-refractivity contribution in [1.29, 1.82) is 0 Å². The van der Waals surface area contributed by atoms with Crippen LogP contribution in [-0.2, 0) is 4.79 Å². The van der Waals surface area contributed by atoms with Gasteiger partial charge in [-0.25, -0.2) is 13.6 Å². The van der Waals surface area contributed by atoms with E-state index in [4.69, 9.17) is 0 Å². The number of rotatable bonds is 4. The summed E-state index contributed by atoms with van der Waals surface area (Å²) in [4.78, 5) is 11.3. The minimum absolute atomic E-state index is 0.0698. The van der Waals surface area contributed by atoms with E-state index in [1.54, 1.807) is 6.07 Å². The van der Waals surface area contributed by atoms with E-state index < -0.39 is 23.6 Å². The van der Waals surface area contributed by atoms with E-state index in [0.717, 1.165) is 6.07 Å². The van der Waals surface area contributed by atoms with Crippen molar-refractivity contribution in [3.05, 3.63) is 64.1 Å². The van der Waals surface area contributed by atoms with Crippen LogP contribution in [0.1, 0.15) is 11.6 Å². The summed E-state index contributed by atoms with van der Waals surface area (Å²) >= 11 is 2.99. The smallest absolute Gasteiger partial charge is 0.330 e. The maximum atomic E-state index is 13.5. The molecule has 0 aromatic heterocycles. The number of carbonyl (C=O) groups is 1. The van der Waals surface area contributed by atoms with Crippen molar-refractivity contribution in [3.8, 4) is 0 Å². The number of aliphatic carboxylic acids is 1. The first kappa shape index (κ1) is 14.5. The third-order valence-corrected chi connectivity index (χ3v) is 3.31. The number of halogens is 3. The van der Waals surface area contributed by atoms with Gasteiger partial charge in [0.15, 0.2) is 6.04 Å². The van der Waals surface area contributed by atoms with Gasteiger partial charge < -0.3 is 10.4 Å². The SMILES string of the molecule is O=C(O)C(Nc1ccccc1F)c1ccc(F)c(Br)c1. The normalized spacial score (nSPS) is 11.9. The molecule has 0 saturated heterocycles. The summed E-state index contributed by atoms with van der Waals surface area (Å²) < 4.78 is 26.9. The van der Waals surface area contributed by atoms with E-state index >= 15 is 0 Å². The van der Waals surface area contributed by atoms with Crippen molar-refractivity contribution in [2.75, 3.05) is 5.32 Å². The number of para-hydroxylation sites is 1. The molecule has 1 unspecified atom stereocenters. The number of anilines is 1. The van der Waals surface area contributed by atoms with Gasteiger partial charge in [-0.3, -0.25) is 0 Å². The number of nitrogens with one attached hydrogen (secondary N) is 1. The number of carboxylic acid groups (broad SMARTS) is 1. The van der Waals surface area contributed by atoms with Crippen LogP contribution in [0, 0.1) is 11.6 Å². The molecule has 3 nitrogen and oxygen atoms in total. The molecule has 2 rings (SSSR count). The summed E-state index contributed by atoms with van der Waals surface area (Å²) in [6.45, 7) is 0. The topological polar surface area (TPSA) is 49.3 Å². The van der Waals surface area contributed by atoms with Crippen molar-refractivity contribution in [3.63, 3.8) is 0 Å². The lowest BCUT2D eigenvalue weighted by atomic mass is 10.1. The molecule has 0 aliphatic carbocycles. The van der Waals surface area contributed by atoms with Crippen LogP contribution in [0.3, 0.4) is 0 Å². The zero-order chi connectivity index (χ0) is 14.7. The van der Waals surface area contributed by atoms with Gasteiger partial charge >= 0.3 is 5.97 Å². The summed E-state index contributed by atoms with van der Waals surface area (Å²) in [6.07, 6.45) is 0. The van der Waals surface area contributed by atoms with E-state index in [2.05, 4.69) is 21.2 Å². The molecule has 104 valence electrons. The summed E-state index contributed by atoms with van der Waals surface area (Å²) in [5.41, 5.74) is 0.384. The van der Waals surface area contributed by atoms with Crippen LogP contribution >= 0.6 is 15.9 Å². The van der Waals surface area contributed by atoms with Crippen LogP contribution < -0.4 is 5.32 Å². The van der Waals surface area contributed by atoms with Crippen LogP contribution in [0.5, 0.6) is 0 Å². The van der Waals surface area contributed by atoms with Gasteiger partial charge in [0.1, 0.15) is 11.6 Å². The highest BCUT2D eigenvalue weighted by molar-refractivity contribution is 9.10. The molecule has 20 heavy (non-hydrogen) atoms. The zero-order valence-electron chi connectivity index (χ0n) is 10.1. The molecule has 0 fully saturated rings. The minimum atomic E-state index is -1.19. The van der Waals surface area contributed by atoms with Crippen LogP contribution in [0.2, 0.25) is 0 Å². The Bertz CT molecular complexity index is 649. The predicted molar refractivity (Wildman–Crippen MR) is 74.5 cm³/mol. The quantitative estimate of drug-likeness (QED) is 0.884. The molecule has 0 aliphatic rings. The standard InChI is InChI=1S/C14H10BrF2NO2/c15-9-7-8(5-6-10(9)16)13(14(19)20)18-12-4-2-1-3-11(12)17/h1-7,13,18H,(H,19,20). The molecule has 0 amide bonds. The van der Waals surface area contributed by atoms with Crippen molar-refractivity contribution in [2.45, 2.75) is 6.04 Å². The number of benzene rings is 2. The fourth-order valence-corrected chi connectivity index (χ4v) is 2.11. The van der Waals surface area contributed by atoms with Crippen molar-refractivity contribution in [1.82, 2.24) is 0 Å². The lowest BCUT2D eigenvalue weighted by Gasteiger charge is -2.17. The Morgan fingerprint density at radius 2 is 1.85 bits per heavy atom. The molecule has 2 aromatic rings. The van der Waals surface area contributed by atoms with Crippen molar-refractivity contribution < 1.29 is 18.7 Å². The van der Waals surface area contributed by atoms with E-state index in [9.17, 15) is 18.7 Å². The van der Waals surface area contributed by atoms with E-state index in [1.165, 1.54) is 30.3 Å². The second-order valence-corrected chi connectivity index (χ2v) is 4.92. The lowest BCUT2D eigenvalue weighted by molar-refractivity contribution is -0.138. The largest absolute Gasteiger partial charge is 0.479 e. The maximum Gasteiger partial charge on any atom is 0.330 e. The third kappa shape index (κ3) is 3.14. The highest BCUT2D eigenvalue weighted by Crippen LogP contribution is 2.25. The zero-order valence-corrected chi connectivity index (χ0v) is 11.7. The van der Waals surface area contributed by atoms with Gasteiger partial charge in [-0.2, -0.15) is 0 Å². The molecular formula is C14H10BrF2NO2. The van der Waals surface area contributed by atoms with Gasteiger partial charge in [0.05, 0.1) is 10.2 Å². The monoisotopic (exact) mass is 341 g/mol. The molecule has 0 bridgehead atoms. The van der Waals surface area contributed by atoms with Crippen LogP contribution in [0.4, 0.5) is 14.5 Å². The molecule has 6 heteroatoms. The number of hydrogen-bond acceptors (Lipinski definition) is 2. The average molecular weight is 342 g/mol. The van der Waals surface area contributed by atoms with Crippen LogP contribution in [-0.4, -0.2) is 11.1 Å². The van der Waals surface area contributed by atoms with Crippen LogP contribution in [0.25, 0.3) is 0 Å². The van der Waals surface area contributed by atoms with Gasteiger partial charge in [-0.05, 0) is 45.8 Å². The average Bonchev–Trinajstić information content (AvgIpc) is 2.41. The van der Waals surface area contributed by atoms with Gasteiger partial charge in [-0.1, -0.05) is 18.2 Å². The molecule has 0 aliphatic heterocycles. The third-order valence-electron chi connectivity index (χ3n) is 2.70. The Hall–Kier alpha value is -1.95. The summed E-state index contributed by atoms with van der Waals surface area (Å²) in [7, 11) is 0. The first-order chi connectivity index (χ1) is 9.49. The number of hydrogen-bond donors (Lipinski definition) is 2. The van der Waals surface area contributed by atoms with Crippen molar-refractivity contribution in [2.24, 2.45) is 0 Å². The highest BCUT2D eigenvalue weighted by Gasteiger charge is 2.21. The summed E-state index contributed by atoms with van der Waals surface area (Å²) in [5, 5.41) is 11.8. The Labute approximate surface area is 122 Å². The Morgan fingerprint density at radius 1 is 1.15 bits per heavy atom. The molecule has 0 heterocycles. The first-order valence-corrected chi connectivity index (χ1v) is 6.47. The Kier molecular flexibility index (Phi) is 4.34. The molecule has 2 aromatic carbocycles. The maximum absolute atomic E-state index is 13.5. The fourth-order valence-electron chi connectivity index (χ4n) is 1.71. The molecular weight excluding hydrogens is 332 g/mol. The van der Waals surface area contributed by atoms with Crippen molar-refractivity contribution >= 4 is 27.6 Å². The lowest BCUT2D eigenvalue weighted by Crippen LogP contribution is -2.21. The number of carboxylic acids is 1. The predicted octanol–water partition coefficient (Wildman–Crippen LogP) is 3.97. The van der Waals surface area contributed by atoms with Crippen LogP contribution in [0.15, 0.2) is 46.9 Å². The van der Waals surface area contributed by atoms with Gasteiger partial charge in [0.25, 0.3) is 0 Å². The summed E-state index contributed by atoms with van der Waals surface area (Å²) in [5.74, 6) is -2.24. The van der Waals surface area contributed by atoms with E-state index in [-0.39, 0.29) is 10.2 Å². The Morgan fingerprint density at radius 3 is 2.45 bits per heavy atom. The fraction of sp³-hybridized carbons (Fsp3) is 0.0714. The van der Waals surface area contributed by atoms with Gasteiger partial charge in [-0.15, -0.1) is 0 Å². The second-order valence-electron chi connectivity index (χ2n) is 4.07. The van der Waals surface area contributed by atoms with Gasteiger partial charge in [0, 0.05) is 0 Å². The summed E-state index contributed by atoms with van der Waals surface area (Å²) in [6, 6.07) is 8.41. The Balaban J connectivity index is 2.34. The molecule has 2 N–H and O–H groups in total.